The Morgan fingerprint density at radius 3 is 2.27 bits per heavy atom. The maximum absolute atomic E-state index is 12.3. The van der Waals surface area contributed by atoms with Gasteiger partial charge >= 0.3 is 12.3 Å². The minimum absolute atomic E-state index is 0.106. The highest BCUT2D eigenvalue weighted by molar-refractivity contribution is 4.69. The van der Waals surface area contributed by atoms with Gasteiger partial charge < -0.3 is 9.84 Å². The van der Waals surface area contributed by atoms with Crippen LogP contribution in [0.1, 0.15) is 20.3 Å². The average Bonchev–Trinajstić information content (AvgIpc) is 2.15. The molecule has 0 rings (SSSR count). The third-order valence-electron chi connectivity index (χ3n) is 2.20. The first kappa shape index (κ1) is 14.6. The van der Waals surface area contributed by atoms with Crippen molar-refractivity contribution >= 4 is 0 Å². The lowest BCUT2D eigenvalue weighted by molar-refractivity contribution is -0.172. The van der Waals surface area contributed by atoms with Crippen LogP contribution in [0.5, 0.6) is 0 Å². The molecular formula is C9H16F4O2. The van der Waals surface area contributed by atoms with Crippen molar-refractivity contribution in [1.29, 1.82) is 0 Å². The summed E-state index contributed by atoms with van der Waals surface area (Å²) in [6.07, 6.45) is -3.97. The molecule has 0 aliphatic rings. The van der Waals surface area contributed by atoms with Gasteiger partial charge in [-0.25, -0.2) is 8.78 Å². The van der Waals surface area contributed by atoms with E-state index in [2.05, 4.69) is 4.74 Å². The molecule has 0 saturated heterocycles. The summed E-state index contributed by atoms with van der Waals surface area (Å²) in [5, 5.41) is 9.30. The van der Waals surface area contributed by atoms with E-state index in [0.29, 0.717) is 6.42 Å². The normalized spacial score (nSPS) is 16.8. The Balaban J connectivity index is 3.79. The van der Waals surface area contributed by atoms with Gasteiger partial charge in [0.1, 0.15) is 6.61 Å². The Labute approximate surface area is 86.2 Å². The van der Waals surface area contributed by atoms with E-state index in [-0.39, 0.29) is 12.5 Å². The summed E-state index contributed by atoms with van der Waals surface area (Å²) >= 11 is 0. The Hall–Kier alpha value is -0.360. The largest absolute Gasteiger partial charge is 0.390 e. The van der Waals surface area contributed by atoms with Crippen LogP contribution in [0.3, 0.4) is 0 Å². The fraction of sp³-hybridized carbons (Fsp3) is 1.00. The number of ether oxygens (including phenoxy) is 1. The first-order valence-electron chi connectivity index (χ1n) is 4.73. The van der Waals surface area contributed by atoms with E-state index in [1.54, 1.807) is 6.92 Å². The highest BCUT2D eigenvalue weighted by Crippen LogP contribution is 2.23. The number of rotatable bonds is 7. The van der Waals surface area contributed by atoms with Crippen LogP contribution in [0, 0.1) is 5.92 Å². The van der Waals surface area contributed by atoms with Crippen molar-refractivity contribution in [3.8, 4) is 0 Å². The fourth-order valence-electron chi connectivity index (χ4n) is 0.815. The summed E-state index contributed by atoms with van der Waals surface area (Å²) in [5.74, 6) is -4.25. The lowest BCUT2D eigenvalue weighted by atomic mass is 10.0. The predicted molar refractivity (Wildman–Crippen MR) is 47.2 cm³/mol. The van der Waals surface area contributed by atoms with Gasteiger partial charge in [-0.15, -0.1) is 0 Å². The van der Waals surface area contributed by atoms with Crippen LogP contribution in [-0.4, -0.2) is 36.8 Å². The van der Waals surface area contributed by atoms with Crippen molar-refractivity contribution in [2.45, 2.75) is 38.7 Å². The van der Waals surface area contributed by atoms with Crippen molar-refractivity contribution in [3.05, 3.63) is 0 Å². The van der Waals surface area contributed by atoms with Crippen molar-refractivity contribution in [2.24, 2.45) is 5.92 Å². The van der Waals surface area contributed by atoms with Crippen molar-refractivity contribution in [2.75, 3.05) is 13.2 Å². The Morgan fingerprint density at radius 2 is 1.87 bits per heavy atom. The zero-order valence-electron chi connectivity index (χ0n) is 8.72. The molecular weight excluding hydrogens is 216 g/mol. The third-order valence-corrected chi connectivity index (χ3v) is 2.20. The molecule has 1 N–H and O–H groups in total. The van der Waals surface area contributed by atoms with E-state index >= 15 is 0 Å². The van der Waals surface area contributed by atoms with E-state index in [1.165, 1.54) is 0 Å². The van der Waals surface area contributed by atoms with Crippen molar-refractivity contribution in [1.82, 2.24) is 0 Å². The maximum Gasteiger partial charge on any atom is 0.330 e. The van der Waals surface area contributed by atoms with Gasteiger partial charge in [0.2, 0.25) is 0 Å². The minimum atomic E-state index is -4.14. The number of hydrogen-bond donors (Lipinski definition) is 1. The van der Waals surface area contributed by atoms with Crippen LogP contribution in [0.2, 0.25) is 0 Å². The standard InChI is InChI=1S/C9H16F4O2/c1-3-6(2)7(14)4-15-5-9(12,13)8(10)11/h6-8,14H,3-5H2,1-2H3. The number of hydrogen-bond acceptors (Lipinski definition) is 2. The predicted octanol–water partition coefficient (Wildman–Crippen LogP) is 2.31. The third kappa shape index (κ3) is 5.32. The highest BCUT2D eigenvalue weighted by Gasteiger charge is 2.41. The molecule has 2 atom stereocenters. The van der Waals surface area contributed by atoms with E-state index in [9.17, 15) is 22.7 Å². The summed E-state index contributed by atoms with van der Waals surface area (Å²) < 4.78 is 52.3. The molecule has 2 nitrogen and oxygen atoms in total. The van der Waals surface area contributed by atoms with Crippen LogP contribution >= 0.6 is 0 Å². The summed E-state index contributed by atoms with van der Waals surface area (Å²) in [5.41, 5.74) is 0. The second kappa shape index (κ2) is 6.27. The average molecular weight is 232 g/mol. The van der Waals surface area contributed by atoms with Crippen LogP contribution in [0.25, 0.3) is 0 Å². The molecule has 0 radical (unpaired) electrons. The summed E-state index contributed by atoms with van der Waals surface area (Å²) in [4.78, 5) is 0. The fourth-order valence-corrected chi connectivity index (χ4v) is 0.815. The lowest BCUT2D eigenvalue weighted by Gasteiger charge is -2.19. The molecule has 0 aliphatic heterocycles. The molecule has 0 saturated carbocycles. The van der Waals surface area contributed by atoms with E-state index in [1.807, 2.05) is 6.92 Å². The highest BCUT2D eigenvalue weighted by atomic mass is 19.3. The molecule has 0 aliphatic carbocycles. The zero-order valence-corrected chi connectivity index (χ0v) is 8.72. The molecule has 15 heavy (non-hydrogen) atoms. The molecule has 6 heteroatoms. The second-order valence-corrected chi connectivity index (χ2v) is 3.53. The van der Waals surface area contributed by atoms with Crippen LogP contribution in [-0.2, 0) is 4.74 Å². The van der Waals surface area contributed by atoms with Crippen LogP contribution in [0.15, 0.2) is 0 Å². The molecule has 0 aromatic rings. The molecule has 92 valence electrons. The SMILES string of the molecule is CCC(C)C(O)COCC(F)(F)C(F)F. The Morgan fingerprint density at radius 1 is 1.33 bits per heavy atom. The Bertz CT molecular complexity index is 175. The minimum Gasteiger partial charge on any atom is -0.390 e. The van der Waals surface area contributed by atoms with Gasteiger partial charge in [-0.1, -0.05) is 20.3 Å². The van der Waals surface area contributed by atoms with Crippen LogP contribution < -0.4 is 0 Å². The van der Waals surface area contributed by atoms with Crippen LogP contribution in [0.4, 0.5) is 17.6 Å². The topological polar surface area (TPSA) is 29.5 Å². The smallest absolute Gasteiger partial charge is 0.330 e. The van der Waals surface area contributed by atoms with E-state index < -0.39 is 25.1 Å². The molecule has 0 fully saturated rings. The molecule has 0 amide bonds. The van der Waals surface area contributed by atoms with Gasteiger partial charge in [-0.3, -0.25) is 0 Å². The zero-order chi connectivity index (χ0) is 12.1. The molecule has 2 unspecified atom stereocenters. The molecule has 0 heterocycles. The monoisotopic (exact) mass is 232 g/mol. The van der Waals surface area contributed by atoms with Gasteiger partial charge in [0.05, 0.1) is 12.7 Å². The van der Waals surface area contributed by atoms with E-state index in [4.69, 9.17) is 0 Å². The van der Waals surface area contributed by atoms with Gasteiger partial charge in [0.15, 0.2) is 0 Å². The van der Waals surface area contributed by atoms with E-state index in [0.717, 1.165) is 0 Å². The summed E-state index contributed by atoms with van der Waals surface area (Å²) in [7, 11) is 0. The lowest BCUT2D eigenvalue weighted by Crippen LogP contribution is -2.34. The molecule has 0 spiro atoms. The molecule has 0 aromatic carbocycles. The van der Waals surface area contributed by atoms with Gasteiger partial charge in [-0.05, 0) is 5.92 Å². The number of aliphatic hydroxyl groups excluding tert-OH is 1. The molecule has 0 aromatic heterocycles. The molecule has 0 bridgehead atoms. The quantitative estimate of drug-likeness (QED) is 0.682. The first-order valence-corrected chi connectivity index (χ1v) is 4.73. The first-order chi connectivity index (χ1) is 6.81. The maximum atomic E-state index is 12.3. The van der Waals surface area contributed by atoms with Gasteiger partial charge in [0.25, 0.3) is 0 Å². The van der Waals surface area contributed by atoms with Gasteiger partial charge in [-0.2, -0.15) is 8.78 Å². The summed E-state index contributed by atoms with van der Waals surface area (Å²) in [6, 6.07) is 0. The second-order valence-electron chi connectivity index (χ2n) is 3.53. The van der Waals surface area contributed by atoms with Crippen molar-refractivity contribution in [3.63, 3.8) is 0 Å². The number of halogens is 4. The van der Waals surface area contributed by atoms with Gasteiger partial charge in [0, 0.05) is 0 Å². The Kier molecular flexibility index (Phi) is 6.12. The number of aliphatic hydroxyl groups is 1. The van der Waals surface area contributed by atoms with Crippen molar-refractivity contribution < 1.29 is 27.4 Å². The summed E-state index contributed by atoms with van der Waals surface area (Å²) in [6.45, 7) is 1.83. The number of alkyl halides is 4.